The zero-order chi connectivity index (χ0) is 19.3. The normalized spacial score (nSPS) is 12.0. The number of benzene rings is 2. The van der Waals surface area contributed by atoms with Crippen LogP contribution in [0.5, 0.6) is 11.5 Å². The number of aliphatic hydroxyl groups is 1. The summed E-state index contributed by atoms with van der Waals surface area (Å²) in [5, 5.41) is 26.2. The highest BCUT2D eigenvalue weighted by molar-refractivity contribution is 6.05. The molecule has 2 rings (SSSR count). The van der Waals surface area contributed by atoms with Crippen molar-refractivity contribution in [2.45, 2.75) is 32.4 Å². The molecule has 2 aromatic carbocycles. The number of halogens is 1. The smallest absolute Gasteiger partial charge is 0.255 e. The van der Waals surface area contributed by atoms with Crippen molar-refractivity contribution in [2.75, 3.05) is 19.0 Å². The molecule has 7 heteroatoms. The summed E-state index contributed by atoms with van der Waals surface area (Å²) >= 11 is 0. The van der Waals surface area contributed by atoms with Crippen LogP contribution in [0.1, 0.15) is 42.8 Å². The number of rotatable bonds is 6. The van der Waals surface area contributed by atoms with Crippen LogP contribution in [0, 0.1) is 0 Å². The molecule has 0 saturated carbocycles. The predicted molar refractivity (Wildman–Crippen MR) is 109 cm³/mol. The maximum atomic E-state index is 12.4. The van der Waals surface area contributed by atoms with Crippen LogP contribution < -0.4 is 15.4 Å². The third-order valence-corrected chi connectivity index (χ3v) is 3.83. The monoisotopic (exact) mass is 394 g/mol. The van der Waals surface area contributed by atoms with Crippen molar-refractivity contribution in [1.82, 2.24) is 5.32 Å². The van der Waals surface area contributed by atoms with E-state index in [2.05, 4.69) is 10.6 Å². The first-order valence-electron chi connectivity index (χ1n) is 8.41. The number of hydrogen-bond acceptors (Lipinski definition) is 5. The molecule has 148 valence electrons. The van der Waals surface area contributed by atoms with E-state index in [-0.39, 0.29) is 35.3 Å². The number of β-amino-alcohol motifs (C(OH)–C–C–N with tert-alkyl or cyclic N) is 1. The average molecular weight is 395 g/mol. The fourth-order valence-electron chi connectivity index (χ4n) is 2.32. The van der Waals surface area contributed by atoms with E-state index in [1.807, 2.05) is 20.8 Å². The van der Waals surface area contributed by atoms with Gasteiger partial charge in [-0.1, -0.05) is 6.07 Å². The average Bonchev–Trinajstić information content (AvgIpc) is 2.61. The van der Waals surface area contributed by atoms with Gasteiger partial charge in [0.1, 0.15) is 11.5 Å². The topological polar surface area (TPSA) is 90.8 Å². The van der Waals surface area contributed by atoms with Crippen LogP contribution in [-0.4, -0.2) is 35.3 Å². The third-order valence-electron chi connectivity index (χ3n) is 3.83. The lowest BCUT2D eigenvalue weighted by Crippen LogP contribution is -2.38. The summed E-state index contributed by atoms with van der Waals surface area (Å²) in [5.41, 5.74) is 1.16. The Kier molecular flexibility index (Phi) is 8.09. The molecule has 0 aliphatic heterocycles. The Morgan fingerprint density at radius 1 is 1.15 bits per heavy atom. The summed E-state index contributed by atoms with van der Waals surface area (Å²) in [4.78, 5) is 12.4. The van der Waals surface area contributed by atoms with Gasteiger partial charge in [-0.3, -0.25) is 4.79 Å². The molecule has 4 N–H and O–H groups in total. The zero-order valence-electron chi connectivity index (χ0n) is 15.9. The van der Waals surface area contributed by atoms with Crippen molar-refractivity contribution >= 4 is 24.0 Å². The molecule has 0 spiro atoms. The number of aliphatic hydroxyl groups excluding tert-OH is 1. The zero-order valence-corrected chi connectivity index (χ0v) is 16.8. The fraction of sp³-hybridized carbons (Fsp3) is 0.350. The molecular formula is C20H27ClN2O4. The van der Waals surface area contributed by atoms with E-state index in [4.69, 9.17) is 4.74 Å². The molecule has 0 aromatic heterocycles. The Balaban J connectivity index is 0.00000364. The van der Waals surface area contributed by atoms with Crippen molar-refractivity contribution in [2.24, 2.45) is 0 Å². The molecule has 0 saturated heterocycles. The number of hydrogen-bond donors (Lipinski definition) is 4. The van der Waals surface area contributed by atoms with Crippen LogP contribution in [0.3, 0.4) is 0 Å². The lowest BCUT2D eigenvalue weighted by atomic mass is 10.0. The molecule has 0 heterocycles. The lowest BCUT2D eigenvalue weighted by Gasteiger charge is -2.23. The Morgan fingerprint density at radius 3 is 2.33 bits per heavy atom. The highest BCUT2D eigenvalue weighted by Crippen LogP contribution is 2.28. The first-order chi connectivity index (χ1) is 12.2. The lowest BCUT2D eigenvalue weighted by molar-refractivity contribution is 0.102. The number of ether oxygens (including phenoxy) is 1. The highest BCUT2D eigenvalue weighted by Gasteiger charge is 2.16. The molecule has 0 radical (unpaired) electrons. The number of carbonyl (C=O) groups excluding carboxylic acids is 1. The molecule has 1 unspecified atom stereocenters. The summed E-state index contributed by atoms with van der Waals surface area (Å²) in [6.07, 6.45) is -0.758. The molecule has 1 amide bonds. The van der Waals surface area contributed by atoms with Gasteiger partial charge < -0.3 is 25.6 Å². The van der Waals surface area contributed by atoms with Crippen molar-refractivity contribution in [1.29, 1.82) is 0 Å². The predicted octanol–water partition coefficient (Wildman–Crippen LogP) is 3.50. The molecule has 2 aromatic rings. The highest BCUT2D eigenvalue weighted by atomic mass is 35.5. The number of aromatic hydroxyl groups is 1. The van der Waals surface area contributed by atoms with Gasteiger partial charge in [0.05, 0.1) is 18.9 Å². The van der Waals surface area contributed by atoms with Crippen molar-refractivity contribution in [3.63, 3.8) is 0 Å². The Labute approximate surface area is 166 Å². The van der Waals surface area contributed by atoms with Crippen molar-refractivity contribution < 1.29 is 19.7 Å². The number of nitrogens with one attached hydrogen (secondary N) is 2. The first-order valence-corrected chi connectivity index (χ1v) is 8.41. The summed E-state index contributed by atoms with van der Waals surface area (Å²) in [6.45, 7) is 6.39. The summed E-state index contributed by atoms with van der Waals surface area (Å²) in [7, 11) is 1.55. The molecule has 0 bridgehead atoms. The quantitative estimate of drug-likeness (QED) is 0.563. The standard InChI is InChI=1S/C20H26N2O4.ClH/c1-20(2,3)21-12-18(24)14-7-10-17(23)16(11-14)22-19(25)13-5-8-15(26-4)9-6-13;/h5-11,18,21,23-24H,12H2,1-4H3,(H,22,25);1H. The maximum absolute atomic E-state index is 12.4. The molecule has 6 nitrogen and oxygen atoms in total. The molecule has 0 fully saturated rings. The van der Waals surface area contributed by atoms with E-state index in [9.17, 15) is 15.0 Å². The Morgan fingerprint density at radius 2 is 1.78 bits per heavy atom. The van der Waals surface area contributed by atoms with Gasteiger partial charge >= 0.3 is 0 Å². The second-order valence-electron chi connectivity index (χ2n) is 7.11. The largest absolute Gasteiger partial charge is 0.506 e. The minimum atomic E-state index is -0.758. The van der Waals surface area contributed by atoms with Gasteiger partial charge in [0.15, 0.2) is 0 Å². The summed E-state index contributed by atoms with van der Waals surface area (Å²) in [5.74, 6) is 0.231. The van der Waals surface area contributed by atoms with Gasteiger partial charge in [-0.05, 0) is 62.7 Å². The Bertz CT molecular complexity index is 758. The second kappa shape index (κ2) is 9.60. The Hall–Kier alpha value is -2.28. The van der Waals surface area contributed by atoms with E-state index in [1.165, 1.54) is 6.07 Å². The van der Waals surface area contributed by atoms with E-state index in [0.717, 1.165) is 0 Å². The fourth-order valence-corrected chi connectivity index (χ4v) is 2.32. The van der Waals surface area contributed by atoms with Gasteiger partial charge in [-0.2, -0.15) is 0 Å². The maximum Gasteiger partial charge on any atom is 0.255 e. The number of phenolic OH excluding ortho intramolecular Hbond substituents is 1. The van der Waals surface area contributed by atoms with Gasteiger partial charge in [0, 0.05) is 17.6 Å². The summed E-state index contributed by atoms with van der Waals surface area (Å²) < 4.78 is 5.07. The van der Waals surface area contributed by atoms with E-state index >= 15 is 0 Å². The molecule has 0 aliphatic carbocycles. The SMILES string of the molecule is COc1ccc(C(=O)Nc2cc(C(O)CNC(C)(C)C)ccc2O)cc1.Cl. The minimum absolute atomic E-state index is 0. The van der Waals surface area contributed by atoms with Crippen LogP contribution in [0.25, 0.3) is 0 Å². The van der Waals surface area contributed by atoms with Crippen LogP contribution >= 0.6 is 12.4 Å². The molecular weight excluding hydrogens is 368 g/mol. The van der Waals surface area contributed by atoms with Crippen molar-refractivity contribution in [3.8, 4) is 11.5 Å². The molecule has 1 atom stereocenters. The molecule has 0 aliphatic rings. The van der Waals surface area contributed by atoms with Crippen LogP contribution in [0.2, 0.25) is 0 Å². The van der Waals surface area contributed by atoms with Gasteiger partial charge in [-0.15, -0.1) is 12.4 Å². The van der Waals surface area contributed by atoms with Gasteiger partial charge in [0.25, 0.3) is 5.91 Å². The number of phenols is 1. The van der Waals surface area contributed by atoms with Gasteiger partial charge in [0.2, 0.25) is 0 Å². The number of methoxy groups -OCH3 is 1. The van der Waals surface area contributed by atoms with E-state index in [1.54, 1.807) is 43.5 Å². The minimum Gasteiger partial charge on any atom is -0.506 e. The van der Waals surface area contributed by atoms with Crippen LogP contribution in [-0.2, 0) is 0 Å². The third kappa shape index (κ3) is 6.75. The van der Waals surface area contributed by atoms with Crippen LogP contribution in [0.4, 0.5) is 5.69 Å². The van der Waals surface area contributed by atoms with E-state index < -0.39 is 6.10 Å². The van der Waals surface area contributed by atoms with E-state index in [0.29, 0.717) is 23.4 Å². The summed E-state index contributed by atoms with van der Waals surface area (Å²) in [6, 6.07) is 11.3. The van der Waals surface area contributed by atoms with Gasteiger partial charge in [-0.25, -0.2) is 0 Å². The number of anilines is 1. The number of carbonyl (C=O) groups is 1. The first kappa shape index (κ1) is 22.8. The molecule has 27 heavy (non-hydrogen) atoms. The second-order valence-corrected chi connectivity index (χ2v) is 7.11. The number of amides is 1. The van der Waals surface area contributed by atoms with Crippen LogP contribution in [0.15, 0.2) is 42.5 Å². The van der Waals surface area contributed by atoms with Crippen molar-refractivity contribution in [3.05, 3.63) is 53.6 Å².